The monoisotopic (exact) mass is 428 g/mol. The molecule has 2 atom stereocenters. The van der Waals surface area contributed by atoms with Crippen LogP contribution in [0.4, 0.5) is 11.5 Å². The minimum Gasteiger partial charge on any atom is -0.370 e. The molecule has 7 heteroatoms. The van der Waals surface area contributed by atoms with Crippen molar-refractivity contribution in [1.82, 2.24) is 14.9 Å². The minimum absolute atomic E-state index is 0.141. The second-order valence-corrected chi connectivity index (χ2v) is 8.59. The zero-order valence-corrected chi connectivity index (χ0v) is 18.4. The molecule has 164 valence electrons. The van der Waals surface area contributed by atoms with E-state index in [-0.39, 0.29) is 12.2 Å². The van der Waals surface area contributed by atoms with E-state index in [0.29, 0.717) is 5.56 Å². The lowest BCUT2D eigenvalue weighted by Crippen LogP contribution is -2.54. The first-order valence-electron chi connectivity index (χ1n) is 11.3. The Morgan fingerprint density at radius 1 is 0.969 bits per heavy atom. The van der Waals surface area contributed by atoms with Gasteiger partial charge in [0.1, 0.15) is 11.9 Å². The molecule has 2 aromatic heterocycles. The average Bonchev–Trinajstić information content (AvgIpc) is 2.84. The van der Waals surface area contributed by atoms with Crippen LogP contribution in [-0.2, 0) is 4.74 Å². The number of pyridine rings is 2. The molecule has 7 nitrogen and oxygen atoms in total. The van der Waals surface area contributed by atoms with Crippen LogP contribution in [0.3, 0.4) is 0 Å². The molecule has 3 aromatic rings. The van der Waals surface area contributed by atoms with Gasteiger partial charge in [-0.2, -0.15) is 5.26 Å². The molecule has 0 radical (unpaired) electrons. The van der Waals surface area contributed by atoms with Gasteiger partial charge in [0.15, 0.2) is 0 Å². The summed E-state index contributed by atoms with van der Waals surface area (Å²) in [5.41, 5.74) is 2.52. The van der Waals surface area contributed by atoms with E-state index in [0.717, 1.165) is 68.2 Å². The number of rotatable bonds is 4. The molecule has 2 aliphatic heterocycles. The van der Waals surface area contributed by atoms with Gasteiger partial charge in [-0.1, -0.05) is 6.07 Å². The molecule has 0 amide bonds. The Kier molecular flexibility index (Phi) is 5.89. The molecular formula is C25H28N6O. The highest BCUT2D eigenvalue weighted by Gasteiger charge is 2.29. The third-order valence-electron chi connectivity index (χ3n) is 6.34. The van der Waals surface area contributed by atoms with Gasteiger partial charge in [0, 0.05) is 69.3 Å². The number of morpholine rings is 1. The van der Waals surface area contributed by atoms with Crippen molar-refractivity contribution in [2.24, 2.45) is 0 Å². The number of hydrogen-bond donors (Lipinski definition) is 0. The Labute approximate surface area is 188 Å². The maximum atomic E-state index is 9.46. The van der Waals surface area contributed by atoms with E-state index in [1.165, 1.54) is 0 Å². The summed E-state index contributed by atoms with van der Waals surface area (Å²) in [5, 5.41) is 10.5. The number of hydrogen-bond acceptors (Lipinski definition) is 7. The van der Waals surface area contributed by atoms with E-state index in [4.69, 9.17) is 4.74 Å². The van der Waals surface area contributed by atoms with Crippen LogP contribution in [0, 0.1) is 11.3 Å². The molecule has 0 spiro atoms. The number of anilines is 2. The van der Waals surface area contributed by atoms with Crippen LogP contribution < -0.4 is 9.80 Å². The second kappa shape index (κ2) is 9.11. The fraction of sp³-hybridized carbons (Fsp3) is 0.400. The highest BCUT2D eigenvalue weighted by molar-refractivity contribution is 5.95. The van der Waals surface area contributed by atoms with Gasteiger partial charge in [0.2, 0.25) is 0 Å². The van der Waals surface area contributed by atoms with E-state index in [2.05, 4.69) is 55.9 Å². The Morgan fingerprint density at radius 3 is 2.59 bits per heavy atom. The quantitative estimate of drug-likeness (QED) is 0.633. The van der Waals surface area contributed by atoms with Crippen LogP contribution in [0.15, 0.2) is 54.9 Å². The van der Waals surface area contributed by atoms with Crippen molar-refractivity contribution >= 4 is 22.4 Å². The van der Waals surface area contributed by atoms with Gasteiger partial charge < -0.3 is 14.5 Å². The average molecular weight is 429 g/mol. The Hall–Kier alpha value is -3.21. The van der Waals surface area contributed by atoms with Gasteiger partial charge in [0.05, 0.1) is 23.3 Å². The summed E-state index contributed by atoms with van der Waals surface area (Å²) < 4.78 is 6.33. The first-order valence-corrected chi connectivity index (χ1v) is 11.3. The van der Waals surface area contributed by atoms with E-state index in [9.17, 15) is 5.26 Å². The number of piperazine rings is 1. The zero-order chi connectivity index (χ0) is 21.9. The normalized spacial score (nSPS) is 22.1. The second-order valence-electron chi connectivity index (χ2n) is 8.59. The molecule has 2 saturated heterocycles. The van der Waals surface area contributed by atoms with Crippen LogP contribution in [0.25, 0.3) is 10.9 Å². The van der Waals surface area contributed by atoms with Gasteiger partial charge in [-0.3, -0.25) is 9.88 Å². The molecule has 5 rings (SSSR count). The van der Waals surface area contributed by atoms with Gasteiger partial charge >= 0.3 is 0 Å². The first kappa shape index (κ1) is 20.7. The molecule has 2 fully saturated rings. The van der Waals surface area contributed by atoms with Crippen LogP contribution in [0.1, 0.15) is 12.5 Å². The van der Waals surface area contributed by atoms with Gasteiger partial charge in [-0.15, -0.1) is 0 Å². The number of nitriles is 1. The smallest absolute Gasteiger partial charge is 0.128 e. The van der Waals surface area contributed by atoms with Gasteiger partial charge in [0.25, 0.3) is 0 Å². The number of nitrogens with zero attached hydrogens (tertiary/aromatic N) is 6. The van der Waals surface area contributed by atoms with Crippen LogP contribution in [0.2, 0.25) is 0 Å². The van der Waals surface area contributed by atoms with E-state index >= 15 is 0 Å². The molecular weight excluding hydrogens is 400 g/mol. The summed E-state index contributed by atoms with van der Waals surface area (Å²) >= 11 is 0. The topological polar surface area (TPSA) is 68.5 Å². The molecule has 4 heterocycles. The lowest BCUT2D eigenvalue weighted by atomic mass is 10.1. The van der Waals surface area contributed by atoms with Crippen molar-refractivity contribution in [1.29, 1.82) is 5.26 Å². The molecule has 32 heavy (non-hydrogen) atoms. The van der Waals surface area contributed by atoms with E-state index < -0.39 is 0 Å². The Balaban J connectivity index is 1.27. The Morgan fingerprint density at radius 2 is 1.81 bits per heavy atom. The van der Waals surface area contributed by atoms with Crippen molar-refractivity contribution in [2.45, 2.75) is 19.1 Å². The summed E-state index contributed by atoms with van der Waals surface area (Å²) in [6.45, 7) is 8.71. The highest BCUT2D eigenvalue weighted by Crippen LogP contribution is 2.30. The molecule has 2 aliphatic rings. The van der Waals surface area contributed by atoms with E-state index in [1.807, 2.05) is 30.5 Å². The maximum Gasteiger partial charge on any atom is 0.128 e. The minimum atomic E-state index is 0.141. The van der Waals surface area contributed by atoms with Crippen molar-refractivity contribution in [2.75, 3.05) is 55.6 Å². The molecule has 0 N–H and O–H groups in total. The van der Waals surface area contributed by atoms with Gasteiger partial charge in [-0.05, 0) is 43.3 Å². The summed E-state index contributed by atoms with van der Waals surface area (Å²) in [6.07, 6.45) is 3.89. The van der Waals surface area contributed by atoms with Crippen molar-refractivity contribution in [3.8, 4) is 6.07 Å². The molecule has 0 unspecified atom stereocenters. The van der Waals surface area contributed by atoms with Crippen LogP contribution >= 0.6 is 0 Å². The molecule has 0 saturated carbocycles. The fourth-order valence-electron chi connectivity index (χ4n) is 4.85. The summed E-state index contributed by atoms with van der Waals surface area (Å²) in [7, 11) is 0. The third-order valence-corrected chi connectivity index (χ3v) is 6.34. The SMILES string of the molecule is C[C@@H]1CN(c2ccc(C#N)c3ncccc23)C[C@@H](CN2CCN(c3ccccn3)CC2)O1. The molecule has 0 bridgehead atoms. The highest BCUT2D eigenvalue weighted by atomic mass is 16.5. The maximum absolute atomic E-state index is 9.46. The summed E-state index contributed by atoms with van der Waals surface area (Å²) in [5.74, 6) is 1.06. The third kappa shape index (κ3) is 4.24. The van der Waals surface area contributed by atoms with Crippen LogP contribution in [-0.4, -0.2) is 72.9 Å². The number of benzene rings is 1. The summed E-state index contributed by atoms with van der Waals surface area (Å²) in [4.78, 5) is 16.2. The standard InChI is InChI=1S/C25H28N6O/c1-19-16-31(23-8-7-20(15-26)25-22(23)5-4-10-28-25)18-21(32-19)17-29-11-13-30(14-12-29)24-6-2-3-9-27-24/h2-10,19,21H,11-14,16-18H2,1H3/t19-,21-/m1/s1. The molecule has 1 aromatic carbocycles. The summed E-state index contributed by atoms with van der Waals surface area (Å²) in [6, 6.07) is 16.3. The lowest BCUT2D eigenvalue weighted by molar-refractivity contribution is -0.0327. The van der Waals surface area contributed by atoms with Gasteiger partial charge in [-0.25, -0.2) is 4.98 Å². The predicted octanol–water partition coefficient (Wildman–Crippen LogP) is 2.92. The van der Waals surface area contributed by atoms with Crippen molar-refractivity contribution in [3.05, 3.63) is 60.4 Å². The zero-order valence-electron chi connectivity index (χ0n) is 18.4. The van der Waals surface area contributed by atoms with Crippen molar-refractivity contribution in [3.63, 3.8) is 0 Å². The number of fused-ring (bicyclic) bond motifs is 1. The number of aromatic nitrogens is 2. The Bertz CT molecular complexity index is 1110. The predicted molar refractivity (Wildman–Crippen MR) is 126 cm³/mol. The largest absolute Gasteiger partial charge is 0.370 e. The van der Waals surface area contributed by atoms with Crippen molar-refractivity contribution < 1.29 is 4.74 Å². The number of ether oxygens (including phenoxy) is 1. The lowest BCUT2D eigenvalue weighted by Gasteiger charge is -2.42. The van der Waals surface area contributed by atoms with Crippen LogP contribution in [0.5, 0.6) is 0 Å². The fourth-order valence-corrected chi connectivity index (χ4v) is 4.85. The first-order chi connectivity index (χ1) is 15.7. The molecule has 0 aliphatic carbocycles. The van der Waals surface area contributed by atoms with E-state index in [1.54, 1.807) is 6.20 Å².